The Bertz CT molecular complexity index is 560. The summed E-state index contributed by atoms with van der Waals surface area (Å²) in [4.78, 5) is 22.4. The van der Waals surface area contributed by atoms with Crippen molar-refractivity contribution in [1.82, 2.24) is 16.2 Å². The fourth-order valence-corrected chi connectivity index (χ4v) is 1.46. The summed E-state index contributed by atoms with van der Waals surface area (Å²) in [5, 5.41) is 2.29. The maximum atomic E-state index is 11.6. The number of hydrazine groups is 1. The molecule has 0 bridgehead atoms. The lowest BCUT2D eigenvalue weighted by atomic mass is 10.2. The van der Waals surface area contributed by atoms with Crippen LogP contribution in [0.5, 0.6) is 5.75 Å². The van der Waals surface area contributed by atoms with Gasteiger partial charge in [0.25, 0.3) is 0 Å². The number of ether oxygens (including phenoxy) is 2. The van der Waals surface area contributed by atoms with Crippen molar-refractivity contribution in [2.75, 3.05) is 14.2 Å². The Morgan fingerprint density at radius 1 is 1.19 bits per heavy atom. The van der Waals surface area contributed by atoms with Gasteiger partial charge in [-0.25, -0.2) is 10.2 Å². The third kappa shape index (κ3) is 5.91. The van der Waals surface area contributed by atoms with Crippen LogP contribution in [0.1, 0.15) is 5.56 Å². The molecule has 0 aliphatic carbocycles. The van der Waals surface area contributed by atoms with Gasteiger partial charge in [0.1, 0.15) is 5.75 Å². The van der Waals surface area contributed by atoms with E-state index in [-0.39, 0.29) is 5.11 Å². The van der Waals surface area contributed by atoms with Crippen LogP contribution in [0.3, 0.4) is 0 Å². The van der Waals surface area contributed by atoms with Crippen molar-refractivity contribution in [3.63, 3.8) is 0 Å². The van der Waals surface area contributed by atoms with Gasteiger partial charge in [0.15, 0.2) is 5.11 Å². The minimum Gasteiger partial charge on any atom is -0.496 e. The van der Waals surface area contributed by atoms with Crippen molar-refractivity contribution in [2.24, 2.45) is 0 Å². The van der Waals surface area contributed by atoms with Gasteiger partial charge < -0.3 is 9.47 Å². The van der Waals surface area contributed by atoms with E-state index < -0.39 is 12.0 Å². The molecule has 2 amide bonds. The average Bonchev–Trinajstić information content (AvgIpc) is 2.50. The number of amides is 2. The predicted molar refractivity (Wildman–Crippen MR) is 81.4 cm³/mol. The van der Waals surface area contributed by atoms with E-state index in [1.54, 1.807) is 25.3 Å². The highest BCUT2D eigenvalue weighted by Gasteiger charge is 2.03. The first-order valence-corrected chi connectivity index (χ1v) is 6.23. The van der Waals surface area contributed by atoms with Crippen LogP contribution in [-0.2, 0) is 9.53 Å². The van der Waals surface area contributed by atoms with Gasteiger partial charge in [0, 0.05) is 11.6 Å². The topological polar surface area (TPSA) is 88.7 Å². The van der Waals surface area contributed by atoms with Crippen LogP contribution in [0, 0.1) is 0 Å². The van der Waals surface area contributed by atoms with Crippen molar-refractivity contribution in [3.8, 4) is 5.75 Å². The number of para-hydroxylation sites is 1. The Kier molecular flexibility index (Phi) is 6.69. The third-order valence-corrected chi connectivity index (χ3v) is 2.46. The maximum absolute atomic E-state index is 11.6. The lowest BCUT2D eigenvalue weighted by molar-refractivity contribution is -0.115. The standard InChI is InChI=1S/C13H15N3O4S/c1-19-10-6-4-3-5-9(10)7-8-11(17)14-12(21)15-16-13(18)20-2/h3-8H,1-2H3,(H,16,18)(H2,14,15,17,21). The van der Waals surface area contributed by atoms with E-state index in [1.165, 1.54) is 13.2 Å². The zero-order valence-electron chi connectivity index (χ0n) is 11.5. The van der Waals surface area contributed by atoms with Crippen molar-refractivity contribution in [1.29, 1.82) is 0 Å². The number of hydrogen-bond donors (Lipinski definition) is 3. The zero-order valence-corrected chi connectivity index (χ0v) is 12.3. The Labute approximate surface area is 127 Å². The summed E-state index contributed by atoms with van der Waals surface area (Å²) in [6, 6.07) is 7.24. The van der Waals surface area contributed by atoms with Crippen LogP contribution >= 0.6 is 12.2 Å². The van der Waals surface area contributed by atoms with Gasteiger partial charge in [-0.05, 0) is 24.4 Å². The molecule has 0 radical (unpaired) electrons. The molecule has 1 aromatic rings. The molecule has 1 aromatic carbocycles. The Hall–Kier alpha value is -2.61. The summed E-state index contributed by atoms with van der Waals surface area (Å²) in [5.74, 6) is 0.194. The Balaban J connectivity index is 2.51. The van der Waals surface area contributed by atoms with Crippen LogP contribution in [0.2, 0.25) is 0 Å². The molecule has 0 aliphatic heterocycles. The first kappa shape index (κ1) is 16.4. The second-order valence-corrected chi connectivity index (χ2v) is 4.04. The third-order valence-electron chi connectivity index (χ3n) is 2.25. The Morgan fingerprint density at radius 2 is 1.90 bits per heavy atom. The fraction of sp³-hybridized carbons (Fsp3) is 0.154. The molecular weight excluding hydrogens is 294 g/mol. The van der Waals surface area contributed by atoms with Gasteiger partial charge in [-0.1, -0.05) is 18.2 Å². The number of rotatable bonds is 3. The van der Waals surface area contributed by atoms with Gasteiger partial charge in [0.2, 0.25) is 5.91 Å². The van der Waals surface area contributed by atoms with Gasteiger partial charge in [-0.15, -0.1) is 0 Å². The highest BCUT2D eigenvalue weighted by Crippen LogP contribution is 2.18. The molecule has 1 rings (SSSR count). The predicted octanol–water partition coefficient (Wildman–Crippen LogP) is 0.970. The number of thiocarbonyl (C=S) groups is 1. The van der Waals surface area contributed by atoms with Crippen LogP contribution in [-0.4, -0.2) is 31.3 Å². The monoisotopic (exact) mass is 309 g/mol. The van der Waals surface area contributed by atoms with E-state index in [1.807, 2.05) is 12.1 Å². The lowest BCUT2D eigenvalue weighted by Gasteiger charge is -2.08. The van der Waals surface area contributed by atoms with Crippen molar-refractivity contribution in [2.45, 2.75) is 0 Å². The first-order chi connectivity index (χ1) is 10.1. The highest BCUT2D eigenvalue weighted by molar-refractivity contribution is 7.80. The summed E-state index contributed by atoms with van der Waals surface area (Å²) in [6.45, 7) is 0. The smallest absolute Gasteiger partial charge is 0.425 e. The molecule has 0 saturated heterocycles. The molecule has 7 nitrogen and oxygen atoms in total. The summed E-state index contributed by atoms with van der Waals surface area (Å²) in [6.07, 6.45) is 2.16. The van der Waals surface area contributed by atoms with E-state index in [0.29, 0.717) is 5.75 Å². The average molecular weight is 309 g/mol. The minimum atomic E-state index is -0.726. The molecule has 0 unspecified atom stereocenters. The Morgan fingerprint density at radius 3 is 2.57 bits per heavy atom. The van der Waals surface area contributed by atoms with Gasteiger partial charge >= 0.3 is 6.09 Å². The second-order valence-electron chi connectivity index (χ2n) is 3.64. The fourth-order valence-electron chi connectivity index (χ4n) is 1.31. The number of carbonyl (C=O) groups is 2. The normalized spacial score (nSPS) is 9.81. The molecule has 21 heavy (non-hydrogen) atoms. The molecule has 0 heterocycles. The van der Waals surface area contributed by atoms with Gasteiger partial charge in [0.05, 0.1) is 14.2 Å². The quantitative estimate of drug-likeness (QED) is 0.438. The van der Waals surface area contributed by atoms with Gasteiger partial charge in [-0.3, -0.25) is 15.5 Å². The van der Waals surface area contributed by atoms with E-state index in [2.05, 4.69) is 20.9 Å². The van der Waals surface area contributed by atoms with Crippen LogP contribution in [0.15, 0.2) is 30.3 Å². The minimum absolute atomic E-state index is 0.0601. The molecule has 0 saturated carbocycles. The molecule has 0 aromatic heterocycles. The van der Waals surface area contributed by atoms with Crippen LogP contribution in [0.4, 0.5) is 4.79 Å². The van der Waals surface area contributed by atoms with E-state index in [4.69, 9.17) is 17.0 Å². The number of nitrogens with one attached hydrogen (secondary N) is 3. The maximum Gasteiger partial charge on any atom is 0.425 e. The SMILES string of the molecule is COC(=O)NNC(=S)NC(=O)C=Cc1ccccc1OC. The lowest BCUT2D eigenvalue weighted by Crippen LogP contribution is -2.48. The van der Waals surface area contributed by atoms with E-state index in [9.17, 15) is 9.59 Å². The molecule has 0 atom stereocenters. The summed E-state index contributed by atoms with van der Waals surface area (Å²) in [5.41, 5.74) is 5.17. The summed E-state index contributed by atoms with van der Waals surface area (Å²) < 4.78 is 9.48. The van der Waals surface area contributed by atoms with E-state index in [0.717, 1.165) is 5.56 Å². The first-order valence-electron chi connectivity index (χ1n) is 5.83. The zero-order chi connectivity index (χ0) is 15.7. The molecule has 0 fully saturated rings. The van der Waals surface area contributed by atoms with Crippen LogP contribution in [0.25, 0.3) is 6.08 Å². The molecule has 0 spiro atoms. The van der Waals surface area contributed by atoms with Crippen LogP contribution < -0.4 is 20.9 Å². The molecule has 3 N–H and O–H groups in total. The van der Waals surface area contributed by atoms with Crippen molar-refractivity contribution < 1.29 is 19.1 Å². The molecule has 8 heteroatoms. The number of methoxy groups -OCH3 is 2. The molecule has 112 valence electrons. The molecular formula is C13H15N3O4S. The second kappa shape index (κ2) is 8.54. The largest absolute Gasteiger partial charge is 0.496 e. The van der Waals surface area contributed by atoms with Gasteiger partial charge in [-0.2, -0.15) is 0 Å². The number of hydrogen-bond acceptors (Lipinski definition) is 5. The summed E-state index contributed by atoms with van der Waals surface area (Å²) in [7, 11) is 2.75. The van der Waals surface area contributed by atoms with Crippen molar-refractivity contribution >= 4 is 35.4 Å². The number of benzene rings is 1. The highest BCUT2D eigenvalue weighted by atomic mass is 32.1. The molecule has 0 aliphatic rings. The van der Waals surface area contributed by atoms with Crippen molar-refractivity contribution in [3.05, 3.63) is 35.9 Å². The number of carbonyl (C=O) groups excluding carboxylic acids is 2. The van der Waals surface area contributed by atoms with E-state index >= 15 is 0 Å². The summed E-state index contributed by atoms with van der Waals surface area (Å²) >= 11 is 4.80.